The minimum absolute atomic E-state index is 0.129. The maximum Gasteiger partial charge on any atom is 0.290 e. The summed E-state index contributed by atoms with van der Waals surface area (Å²) >= 11 is 0. The van der Waals surface area contributed by atoms with Crippen molar-refractivity contribution in [3.8, 4) is 22.8 Å². The second kappa shape index (κ2) is 7.29. The summed E-state index contributed by atoms with van der Waals surface area (Å²) in [6.45, 7) is 4.11. The average Bonchev–Trinajstić information content (AvgIpc) is 3.17. The summed E-state index contributed by atoms with van der Waals surface area (Å²) in [7, 11) is 5.42. The topological polar surface area (TPSA) is 101 Å². The number of carbonyl (C=O) groups excluding carboxylic acids is 1. The number of rotatable bonds is 3. The Hall–Kier alpha value is -3.26. The molecule has 2 N–H and O–H groups in total. The van der Waals surface area contributed by atoms with Crippen LogP contribution in [0.5, 0.6) is 0 Å². The van der Waals surface area contributed by atoms with Crippen molar-refractivity contribution >= 4 is 11.7 Å². The van der Waals surface area contributed by atoms with Crippen molar-refractivity contribution in [1.29, 1.82) is 0 Å². The van der Waals surface area contributed by atoms with Gasteiger partial charge < -0.3 is 20.0 Å². The smallest absolute Gasteiger partial charge is 0.290 e. The van der Waals surface area contributed by atoms with Crippen LogP contribution in [0, 0.1) is 6.92 Å². The summed E-state index contributed by atoms with van der Waals surface area (Å²) in [5.74, 6) is 0.232. The zero-order valence-electron chi connectivity index (χ0n) is 17.1. The molecule has 1 amide bonds. The van der Waals surface area contributed by atoms with E-state index in [-0.39, 0.29) is 23.4 Å². The Bertz CT molecular complexity index is 1090. The van der Waals surface area contributed by atoms with Crippen molar-refractivity contribution < 1.29 is 9.21 Å². The molecule has 1 aliphatic heterocycles. The lowest BCUT2D eigenvalue weighted by molar-refractivity contribution is 0.0797. The Labute approximate surface area is 169 Å². The molecule has 2 aromatic heterocycles. The molecular formula is C21H24N6O2. The first-order valence-electron chi connectivity index (χ1n) is 9.45. The van der Waals surface area contributed by atoms with Crippen molar-refractivity contribution in [1.82, 2.24) is 24.8 Å². The lowest BCUT2D eigenvalue weighted by atomic mass is 9.92. The van der Waals surface area contributed by atoms with Crippen LogP contribution in [0.1, 0.15) is 27.2 Å². The van der Waals surface area contributed by atoms with Crippen molar-refractivity contribution in [2.45, 2.75) is 19.9 Å². The number of nitrogens with zero attached hydrogens (tertiary/aromatic N) is 5. The number of nitrogens with two attached hydrogens (primary N) is 1. The van der Waals surface area contributed by atoms with Gasteiger partial charge in [0.15, 0.2) is 11.5 Å². The zero-order valence-corrected chi connectivity index (χ0v) is 17.1. The van der Waals surface area contributed by atoms with Gasteiger partial charge in [-0.05, 0) is 49.2 Å². The van der Waals surface area contributed by atoms with Crippen LogP contribution in [0.3, 0.4) is 0 Å². The summed E-state index contributed by atoms with van der Waals surface area (Å²) in [5, 5.41) is 0. The van der Waals surface area contributed by atoms with Gasteiger partial charge in [-0.1, -0.05) is 0 Å². The molecule has 0 saturated carbocycles. The second-order valence-electron chi connectivity index (χ2n) is 7.64. The van der Waals surface area contributed by atoms with E-state index in [0.29, 0.717) is 11.4 Å². The van der Waals surface area contributed by atoms with Gasteiger partial charge in [0.1, 0.15) is 0 Å². The van der Waals surface area contributed by atoms with Crippen LogP contribution in [-0.2, 0) is 13.0 Å². The van der Waals surface area contributed by atoms with E-state index in [0.717, 1.165) is 25.1 Å². The quantitative estimate of drug-likeness (QED) is 0.730. The van der Waals surface area contributed by atoms with Crippen LogP contribution in [0.4, 0.5) is 5.82 Å². The summed E-state index contributed by atoms with van der Waals surface area (Å²) in [5.41, 5.74) is 12.0. The molecule has 8 nitrogen and oxygen atoms in total. The highest BCUT2D eigenvalue weighted by molar-refractivity contribution is 5.91. The molecule has 0 spiro atoms. The Kier molecular flexibility index (Phi) is 4.79. The van der Waals surface area contributed by atoms with Crippen molar-refractivity contribution in [3.05, 3.63) is 47.0 Å². The van der Waals surface area contributed by atoms with E-state index in [1.807, 2.05) is 0 Å². The Morgan fingerprint density at radius 3 is 2.79 bits per heavy atom. The van der Waals surface area contributed by atoms with E-state index in [9.17, 15) is 4.79 Å². The number of aryl methyl sites for hydroxylation is 1. The van der Waals surface area contributed by atoms with Crippen molar-refractivity contribution in [2.75, 3.05) is 33.4 Å². The molecule has 1 aromatic carbocycles. The van der Waals surface area contributed by atoms with Gasteiger partial charge in [0.05, 0.1) is 18.1 Å². The molecule has 0 fully saturated rings. The number of carbonyl (C=O) groups is 1. The van der Waals surface area contributed by atoms with Crippen molar-refractivity contribution in [2.24, 2.45) is 0 Å². The highest BCUT2D eigenvalue weighted by atomic mass is 16.4. The fraction of sp³-hybridized carbons (Fsp3) is 0.333. The third-order valence-electron chi connectivity index (χ3n) is 5.17. The molecule has 0 saturated heterocycles. The van der Waals surface area contributed by atoms with Gasteiger partial charge in [-0.25, -0.2) is 15.0 Å². The van der Waals surface area contributed by atoms with Gasteiger partial charge in [-0.3, -0.25) is 4.79 Å². The van der Waals surface area contributed by atoms with E-state index < -0.39 is 0 Å². The fourth-order valence-electron chi connectivity index (χ4n) is 3.61. The lowest BCUT2D eigenvalue weighted by Crippen LogP contribution is -2.27. The van der Waals surface area contributed by atoms with Crippen LogP contribution in [-0.4, -0.2) is 58.3 Å². The van der Waals surface area contributed by atoms with Gasteiger partial charge in [0.2, 0.25) is 11.7 Å². The second-order valence-corrected chi connectivity index (χ2v) is 7.64. The van der Waals surface area contributed by atoms with E-state index in [1.165, 1.54) is 27.8 Å². The normalized spacial score (nSPS) is 13.9. The number of amides is 1. The van der Waals surface area contributed by atoms with Crippen LogP contribution in [0.2, 0.25) is 0 Å². The number of fused-ring (bicyclic) bond motifs is 1. The summed E-state index contributed by atoms with van der Waals surface area (Å²) < 4.78 is 5.60. The molecule has 0 aliphatic carbocycles. The first-order valence-corrected chi connectivity index (χ1v) is 9.45. The lowest BCUT2D eigenvalue weighted by Gasteiger charge is -2.27. The largest absolute Gasteiger partial charge is 0.429 e. The molecule has 150 valence electrons. The average molecular weight is 392 g/mol. The first-order chi connectivity index (χ1) is 13.8. The van der Waals surface area contributed by atoms with E-state index in [4.69, 9.17) is 10.2 Å². The number of anilines is 1. The number of benzene rings is 1. The van der Waals surface area contributed by atoms with Crippen LogP contribution in [0.25, 0.3) is 22.8 Å². The minimum Gasteiger partial charge on any atom is -0.429 e. The van der Waals surface area contributed by atoms with E-state index in [2.05, 4.69) is 46.0 Å². The Morgan fingerprint density at radius 1 is 1.24 bits per heavy atom. The fourth-order valence-corrected chi connectivity index (χ4v) is 3.61. The zero-order chi connectivity index (χ0) is 20.7. The number of likely N-dealkylation sites (N-methyl/N-ethyl adjacent to an activating group) is 1. The van der Waals surface area contributed by atoms with Crippen LogP contribution < -0.4 is 5.73 Å². The molecule has 8 heteroatoms. The third kappa shape index (κ3) is 3.58. The van der Waals surface area contributed by atoms with Crippen LogP contribution >= 0.6 is 0 Å². The summed E-state index contributed by atoms with van der Waals surface area (Å²) in [6.07, 6.45) is 4.08. The minimum atomic E-state index is -0.277. The van der Waals surface area contributed by atoms with Crippen molar-refractivity contribution in [3.63, 3.8) is 0 Å². The molecule has 4 rings (SSSR count). The van der Waals surface area contributed by atoms with Gasteiger partial charge >= 0.3 is 0 Å². The number of hydrogen-bond donors (Lipinski definition) is 1. The molecule has 3 aromatic rings. The summed E-state index contributed by atoms with van der Waals surface area (Å²) in [4.78, 5) is 28.9. The monoisotopic (exact) mass is 392 g/mol. The Morgan fingerprint density at radius 2 is 2.03 bits per heavy atom. The number of aromatic nitrogens is 3. The number of oxazole rings is 1. The van der Waals surface area contributed by atoms with Gasteiger partial charge in [0, 0.05) is 32.7 Å². The predicted molar refractivity (Wildman–Crippen MR) is 110 cm³/mol. The molecule has 0 atom stereocenters. The van der Waals surface area contributed by atoms with E-state index in [1.54, 1.807) is 20.3 Å². The number of hydrogen-bond acceptors (Lipinski definition) is 7. The molecule has 1 aliphatic rings. The van der Waals surface area contributed by atoms with Gasteiger partial charge in [-0.15, -0.1) is 0 Å². The maximum atomic E-state index is 12.1. The predicted octanol–water partition coefficient (Wildman–Crippen LogP) is 2.38. The molecule has 3 heterocycles. The number of nitrogen functional groups attached to an aromatic ring is 1. The highest BCUT2D eigenvalue weighted by Gasteiger charge is 2.20. The highest BCUT2D eigenvalue weighted by Crippen LogP contribution is 2.30. The molecule has 29 heavy (non-hydrogen) atoms. The van der Waals surface area contributed by atoms with Crippen LogP contribution in [0.15, 0.2) is 28.9 Å². The molecule has 0 unspecified atom stereocenters. The maximum absolute atomic E-state index is 12.1. The first kappa shape index (κ1) is 19.1. The molecular weight excluding hydrogens is 368 g/mol. The SMILES string of the molecule is Cc1cc(-c2cnc(N)c(-c3ncc(C(=O)N(C)C)o3)n2)cc2c1CCN(C)C2. The van der Waals surface area contributed by atoms with Gasteiger partial charge in [0.25, 0.3) is 5.91 Å². The summed E-state index contributed by atoms with van der Waals surface area (Å²) in [6, 6.07) is 4.29. The van der Waals surface area contributed by atoms with E-state index >= 15 is 0 Å². The standard InChI is InChI=1S/C21H24N6O2/c1-12-7-13(8-14-11-27(4)6-5-15(12)14)16-9-23-19(22)18(25-16)20-24-10-17(29-20)21(28)26(2)3/h7-10H,5-6,11H2,1-4H3,(H2,22,23). The molecule has 0 radical (unpaired) electrons. The Balaban J connectivity index is 1.74. The molecule has 0 bridgehead atoms. The third-order valence-corrected chi connectivity index (χ3v) is 5.17. The van der Waals surface area contributed by atoms with Gasteiger partial charge in [-0.2, -0.15) is 0 Å².